The summed E-state index contributed by atoms with van der Waals surface area (Å²) in [6.07, 6.45) is 0.677. The van der Waals surface area contributed by atoms with Crippen LogP contribution in [0.4, 0.5) is 16.4 Å². The number of methoxy groups -OCH3 is 1. The maximum Gasteiger partial charge on any atom is 0.315 e. The van der Waals surface area contributed by atoms with E-state index in [1.165, 1.54) is 30.4 Å². The summed E-state index contributed by atoms with van der Waals surface area (Å²) in [4.78, 5) is 34.0. The highest BCUT2D eigenvalue weighted by atomic mass is 32.1. The number of carbonyl (C=O) groups is 1. The Hall–Kier alpha value is -3.63. The molecule has 0 amide bonds. The largest absolute Gasteiger partial charge is 0.468 e. The zero-order valence-corrected chi connectivity index (χ0v) is 21.7. The second-order valence-corrected chi connectivity index (χ2v) is 10.1. The number of hydrogen-bond donors (Lipinski definition) is 0. The fraction of sp³-hybridized carbons (Fsp3) is 0.370. The number of piperazine rings is 1. The predicted molar refractivity (Wildman–Crippen MR) is 144 cm³/mol. The van der Waals surface area contributed by atoms with Gasteiger partial charge in [0.15, 0.2) is 0 Å². The third-order valence-corrected chi connectivity index (χ3v) is 8.03. The number of nitro benzene ring substituents is 1. The number of anilines is 1. The summed E-state index contributed by atoms with van der Waals surface area (Å²) in [6, 6.07) is 17.0. The third kappa shape index (κ3) is 4.99. The summed E-state index contributed by atoms with van der Waals surface area (Å²) in [5.41, 5.74) is 3.94. The van der Waals surface area contributed by atoms with Crippen molar-refractivity contribution in [3.8, 4) is 0 Å². The van der Waals surface area contributed by atoms with Crippen LogP contribution in [0.1, 0.15) is 29.7 Å². The number of carbonyl (C=O) groups excluding carboxylic acids is 1. The molecule has 3 heterocycles. The van der Waals surface area contributed by atoms with Gasteiger partial charge in [-0.05, 0) is 30.6 Å². The van der Waals surface area contributed by atoms with E-state index in [4.69, 9.17) is 9.11 Å². The number of aliphatic imine (C=N–C) groups is 1. The van der Waals surface area contributed by atoms with E-state index >= 15 is 0 Å². The van der Waals surface area contributed by atoms with Crippen molar-refractivity contribution in [3.05, 3.63) is 81.5 Å². The zero-order valence-electron chi connectivity index (χ0n) is 20.9. The van der Waals surface area contributed by atoms with E-state index in [2.05, 4.69) is 39.1 Å². The Bertz CT molecular complexity index is 1320. The van der Waals surface area contributed by atoms with E-state index in [0.717, 1.165) is 44.0 Å². The molecule has 2 aliphatic heterocycles. The Morgan fingerprint density at radius 3 is 2.51 bits per heavy atom. The van der Waals surface area contributed by atoms with Gasteiger partial charge in [0, 0.05) is 73.7 Å². The van der Waals surface area contributed by atoms with Crippen LogP contribution >= 0.6 is 11.5 Å². The first-order valence-electron chi connectivity index (χ1n) is 12.3. The van der Waals surface area contributed by atoms with Gasteiger partial charge < -0.3 is 9.64 Å². The summed E-state index contributed by atoms with van der Waals surface area (Å²) < 4.78 is 9.85. The molecular weight excluding hydrogens is 490 g/mol. The second kappa shape index (κ2) is 10.8. The highest BCUT2D eigenvalue weighted by molar-refractivity contribution is 7.10. The van der Waals surface area contributed by atoms with Crippen molar-refractivity contribution >= 4 is 39.6 Å². The molecule has 0 N–H and O–H groups in total. The van der Waals surface area contributed by atoms with Crippen molar-refractivity contribution in [3.63, 3.8) is 0 Å². The molecule has 1 fully saturated rings. The number of ether oxygens (including phenoxy) is 1. The topological polar surface area (TPSA) is 101 Å². The van der Waals surface area contributed by atoms with Crippen LogP contribution in [0, 0.1) is 16.0 Å². The molecule has 2 unspecified atom stereocenters. The molecule has 9 nitrogen and oxygen atoms in total. The summed E-state index contributed by atoms with van der Waals surface area (Å²) in [6.45, 7) is 6.37. The van der Waals surface area contributed by atoms with Crippen LogP contribution in [-0.2, 0) is 16.0 Å². The van der Waals surface area contributed by atoms with Gasteiger partial charge in [-0.2, -0.15) is 4.37 Å². The minimum Gasteiger partial charge on any atom is -0.468 e. The van der Waals surface area contributed by atoms with E-state index in [9.17, 15) is 14.9 Å². The predicted octanol–water partition coefficient (Wildman–Crippen LogP) is 4.44. The van der Waals surface area contributed by atoms with Crippen molar-refractivity contribution in [2.75, 3.05) is 44.7 Å². The van der Waals surface area contributed by atoms with Crippen LogP contribution < -0.4 is 4.90 Å². The van der Waals surface area contributed by atoms with Crippen LogP contribution in [0.15, 0.2) is 59.6 Å². The maximum absolute atomic E-state index is 12.9. The lowest BCUT2D eigenvalue weighted by Gasteiger charge is -2.36. The van der Waals surface area contributed by atoms with Crippen LogP contribution in [0.3, 0.4) is 0 Å². The van der Waals surface area contributed by atoms with Crippen LogP contribution in [-0.4, -0.2) is 65.7 Å². The molecule has 1 aromatic heterocycles. The van der Waals surface area contributed by atoms with Crippen molar-refractivity contribution < 1.29 is 14.5 Å². The Labute approximate surface area is 219 Å². The highest BCUT2D eigenvalue weighted by Crippen LogP contribution is 2.48. The molecule has 2 aliphatic rings. The first-order chi connectivity index (χ1) is 18.0. The maximum atomic E-state index is 12.9. The molecule has 10 heteroatoms. The quantitative estimate of drug-likeness (QED) is 0.258. The van der Waals surface area contributed by atoms with Gasteiger partial charge in [-0.1, -0.05) is 36.4 Å². The van der Waals surface area contributed by atoms with Gasteiger partial charge in [-0.3, -0.25) is 19.8 Å². The SMILES string of the molecule is COC(=O)C1C(C)=Nc2snc(CCN3CCN(c4ccccc4)CC3)c2C1c1ccccc1[N+](=O)[O-]. The number of fused-ring (bicyclic) bond motifs is 1. The van der Waals surface area contributed by atoms with Crippen LogP contribution in [0.25, 0.3) is 0 Å². The van der Waals surface area contributed by atoms with Gasteiger partial charge in [0.25, 0.3) is 5.69 Å². The fourth-order valence-corrected chi connectivity index (χ4v) is 6.26. The molecule has 2 aromatic carbocycles. The number of esters is 1. The molecule has 0 aliphatic carbocycles. The molecule has 5 rings (SSSR count). The normalized spacial score (nSPS) is 19.7. The number of para-hydroxylation sites is 2. The average Bonchev–Trinajstić information content (AvgIpc) is 3.33. The molecule has 37 heavy (non-hydrogen) atoms. The average molecular weight is 520 g/mol. The lowest BCUT2D eigenvalue weighted by atomic mass is 9.76. The van der Waals surface area contributed by atoms with Crippen molar-refractivity contribution in [2.45, 2.75) is 19.3 Å². The first-order valence-corrected chi connectivity index (χ1v) is 13.1. The number of nitro groups is 1. The van der Waals surface area contributed by atoms with E-state index < -0.39 is 22.7 Å². The number of hydrogen-bond acceptors (Lipinski definition) is 9. The van der Waals surface area contributed by atoms with E-state index in [1.54, 1.807) is 25.1 Å². The van der Waals surface area contributed by atoms with Crippen molar-refractivity contribution in [1.29, 1.82) is 0 Å². The minimum absolute atomic E-state index is 0.0174. The Balaban J connectivity index is 1.41. The third-order valence-electron chi connectivity index (χ3n) is 7.24. The number of benzene rings is 2. The molecular formula is C27H29N5O4S. The van der Waals surface area contributed by atoms with E-state index in [0.29, 0.717) is 22.7 Å². The molecule has 0 radical (unpaired) electrons. The second-order valence-electron chi connectivity index (χ2n) is 9.31. The summed E-state index contributed by atoms with van der Waals surface area (Å²) in [7, 11) is 1.34. The van der Waals surface area contributed by atoms with Gasteiger partial charge in [0.1, 0.15) is 10.9 Å². The Kier molecular flexibility index (Phi) is 7.29. The number of rotatable bonds is 7. The standard InChI is InChI=1S/C27H29N5O4S/c1-18-23(27(33)36-2)24(20-10-6-7-11-22(20)32(34)35)25-21(29-37-26(25)28-18)12-13-30-14-16-31(17-15-30)19-8-4-3-5-9-19/h3-11,23-24H,12-17H2,1-2H3. The summed E-state index contributed by atoms with van der Waals surface area (Å²) in [5, 5.41) is 12.6. The first kappa shape index (κ1) is 25.0. The summed E-state index contributed by atoms with van der Waals surface area (Å²) in [5.74, 6) is -1.78. The van der Waals surface area contributed by atoms with Gasteiger partial charge in [-0.15, -0.1) is 0 Å². The number of nitrogens with zero attached hydrogens (tertiary/aromatic N) is 5. The van der Waals surface area contributed by atoms with Crippen molar-refractivity contribution in [1.82, 2.24) is 9.27 Å². The fourth-order valence-electron chi connectivity index (χ4n) is 5.35. The molecule has 0 spiro atoms. The van der Waals surface area contributed by atoms with Gasteiger partial charge in [0.05, 0.1) is 17.7 Å². The lowest BCUT2D eigenvalue weighted by Crippen LogP contribution is -2.47. The van der Waals surface area contributed by atoms with E-state index in [-0.39, 0.29) is 5.69 Å². The molecule has 2 atom stereocenters. The Morgan fingerprint density at radius 2 is 1.81 bits per heavy atom. The van der Waals surface area contributed by atoms with Crippen LogP contribution in [0.2, 0.25) is 0 Å². The smallest absolute Gasteiger partial charge is 0.315 e. The van der Waals surface area contributed by atoms with Gasteiger partial charge >= 0.3 is 5.97 Å². The van der Waals surface area contributed by atoms with E-state index in [1.807, 2.05) is 6.07 Å². The Morgan fingerprint density at radius 1 is 1.11 bits per heavy atom. The molecule has 0 bridgehead atoms. The minimum atomic E-state index is -0.747. The molecule has 192 valence electrons. The van der Waals surface area contributed by atoms with Crippen LogP contribution in [0.5, 0.6) is 0 Å². The lowest BCUT2D eigenvalue weighted by molar-refractivity contribution is -0.385. The number of aromatic nitrogens is 1. The molecule has 1 saturated heterocycles. The molecule has 3 aromatic rings. The van der Waals surface area contributed by atoms with Crippen molar-refractivity contribution in [2.24, 2.45) is 10.9 Å². The molecule has 0 saturated carbocycles. The van der Waals surface area contributed by atoms with Gasteiger partial charge in [-0.25, -0.2) is 4.99 Å². The summed E-state index contributed by atoms with van der Waals surface area (Å²) >= 11 is 1.29. The van der Waals surface area contributed by atoms with Gasteiger partial charge in [0.2, 0.25) is 0 Å². The monoisotopic (exact) mass is 519 g/mol. The zero-order chi connectivity index (χ0) is 25.9. The highest BCUT2D eigenvalue weighted by Gasteiger charge is 2.43.